The van der Waals surface area contributed by atoms with Gasteiger partial charge in [-0.2, -0.15) is 0 Å². The fourth-order valence-electron chi connectivity index (χ4n) is 3.20. The molecule has 0 spiro atoms. The Morgan fingerprint density at radius 2 is 2.18 bits per heavy atom. The van der Waals surface area contributed by atoms with Crippen LogP contribution in [0.4, 0.5) is 5.69 Å². The molecular formula is C20H25N5O3. The van der Waals surface area contributed by atoms with Crippen molar-refractivity contribution in [3.05, 3.63) is 53.1 Å². The zero-order valence-electron chi connectivity index (χ0n) is 15.9. The first-order valence-electron chi connectivity index (χ1n) is 9.26. The summed E-state index contributed by atoms with van der Waals surface area (Å²) in [7, 11) is 1.56. The Morgan fingerprint density at radius 3 is 2.89 bits per heavy atom. The molecule has 3 rings (SSSR count). The van der Waals surface area contributed by atoms with Gasteiger partial charge < -0.3 is 25.7 Å². The molecule has 0 saturated carbocycles. The number of amides is 1. The van der Waals surface area contributed by atoms with Crippen molar-refractivity contribution in [3.63, 3.8) is 0 Å². The number of nitrogens with zero attached hydrogens (tertiary/aromatic N) is 2. The fraction of sp³-hybridized carbons (Fsp3) is 0.350. The first kappa shape index (κ1) is 19.6. The highest BCUT2D eigenvalue weighted by Crippen LogP contribution is 2.23. The van der Waals surface area contributed by atoms with Gasteiger partial charge in [-0.1, -0.05) is 6.08 Å². The Kier molecular flexibility index (Phi) is 6.44. The maximum absolute atomic E-state index is 12.2. The van der Waals surface area contributed by atoms with Crippen molar-refractivity contribution in [2.45, 2.75) is 18.9 Å². The number of aromatic nitrogens is 2. The standard InChI is InChI=1S/C20H25N5O3/c1-28-18-12-14(4-8-22-18)15-11-17(20(27)23-13-15)24-16-5-9-25(10-6-16)19(26)3-2-7-21/h2-4,8,11-13,16,24H,5-7,9-10,21H2,1H3,(H,23,27)/b3-2+. The number of hydrogen-bond acceptors (Lipinski definition) is 6. The van der Waals surface area contributed by atoms with E-state index in [1.807, 2.05) is 18.2 Å². The zero-order chi connectivity index (χ0) is 19.9. The summed E-state index contributed by atoms with van der Waals surface area (Å²) in [6.45, 7) is 1.64. The van der Waals surface area contributed by atoms with Crippen LogP contribution in [0, 0.1) is 0 Å². The number of carbonyl (C=O) groups is 1. The Labute approximate surface area is 163 Å². The summed E-state index contributed by atoms with van der Waals surface area (Å²) in [6.07, 6.45) is 8.06. The molecule has 2 aromatic rings. The first-order chi connectivity index (χ1) is 13.6. The minimum atomic E-state index is -0.172. The molecule has 1 aliphatic rings. The van der Waals surface area contributed by atoms with Gasteiger partial charge in [-0.15, -0.1) is 0 Å². The number of ether oxygens (including phenoxy) is 1. The lowest BCUT2D eigenvalue weighted by molar-refractivity contribution is -0.126. The number of H-pyrrole nitrogens is 1. The number of aromatic amines is 1. The van der Waals surface area contributed by atoms with Gasteiger partial charge in [0, 0.05) is 55.8 Å². The Hall–Kier alpha value is -3.13. The highest BCUT2D eigenvalue weighted by atomic mass is 16.5. The molecule has 1 aliphatic heterocycles. The van der Waals surface area contributed by atoms with Gasteiger partial charge in [0.1, 0.15) is 5.69 Å². The van der Waals surface area contributed by atoms with Gasteiger partial charge in [0.05, 0.1) is 7.11 Å². The summed E-state index contributed by atoms with van der Waals surface area (Å²) in [6, 6.07) is 5.63. The van der Waals surface area contributed by atoms with Crippen molar-refractivity contribution in [2.24, 2.45) is 5.73 Å². The molecule has 4 N–H and O–H groups in total. The molecule has 8 heteroatoms. The molecule has 0 bridgehead atoms. The fourth-order valence-corrected chi connectivity index (χ4v) is 3.20. The van der Waals surface area contributed by atoms with Gasteiger partial charge in [0.25, 0.3) is 5.56 Å². The van der Waals surface area contributed by atoms with E-state index in [-0.39, 0.29) is 17.5 Å². The third-order valence-corrected chi connectivity index (χ3v) is 4.74. The maximum atomic E-state index is 12.2. The average Bonchev–Trinajstić information content (AvgIpc) is 2.74. The third-order valence-electron chi connectivity index (χ3n) is 4.74. The van der Waals surface area contributed by atoms with Crippen LogP contribution in [-0.4, -0.2) is 53.6 Å². The van der Waals surface area contributed by atoms with Crippen molar-refractivity contribution < 1.29 is 9.53 Å². The largest absolute Gasteiger partial charge is 0.481 e. The second-order valence-corrected chi connectivity index (χ2v) is 6.60. The topological polar surface area (TPSA) is 113 Å². The molecule has 148 valence electrons. The van der Waals surface area contributed by atoms with Crippen LogP contribution in [0.5, 0.6) is 5.88 Å². The van der Waals surface area contributed by atoms with Crippen LogP contribution in [0.1, 0.15) is 12.8 Å². The summed E-state index contributed by atoms with van der Waals surface area (Å²) in [5.74, 6) is 0.495. The maximum Gasteiger partial charge on any atom is 0.271 e. The van der Waals surface area contributed by atoms with Gasteiger partial charge in [0.15, 0.2) is 0 Å². The van der Waals surface area contributed by atoms with E-state index in [2.05, 4.69) is 15.3 Å². The summed E-state index contributed by atoms with van der Waals surface area (Å²) in [5.41, 5.74) is 7.50. The van der Waals surface area contributed by atoms with Crippen molar-refractivity contribution >= 4 is 11.6 Å². The number of likely N-dealkylation sites (tertiary alicyclic amines) is 1. The van der Waals surface area contributed by atoms with Crippen molar-refractivity contribution in [2.75, 3.05) is 32.1 Å². The lowest BCUT2D eigenvalue weighted by Crippen LogP contribution is -2.42. The van der Waals surface area contributed by atoms with E-state index in [1.54, 1.807) is 30.5 Å². The number of pyridine rings is 2. The van der Waals surface area contributed by atoms with Crippen LogP contribution in [0.25, 0.3) is 11.1 Å². The number of nitrogens with one attached hydrogen (secondary N) is 2. The monoisotopic (exact) mass is 383 g/mol. The minimum Gasteiger partial charge on any atom is -0.481 e. The number of anilines is 1. The van der Waals surface area contributed by atoms with E-state index in [0.717, 1.165) is 24.0 Å². The molecule has 0 radical (unpaired) electrons. The van der Waals surface area contributed by atoms with Crippen molar-refractivity contribution in [3.8, 4) is 17.0 Å². The van der Waals surface area contributed by atoms with Crippen molar-refractivity contribution in [1.82, 2.24) is 14.9 Å². The normalized spacial score (nSPS) is 15.0. The van der Waals surface area contributed by atoms with Gasteiger partial charge in [-0.05, 0) is 30.5 Å². The van der Waals surface area contributed by atoms with Gasteiger partial charge in [-0.25, -0.2) is 4.98 Å². The number of nitrogens with two attached hydrogens (primary N) is 1. The lowest BCUT2D eigenvalue weighted by atomic mass is 10.0. The number of rotatable bonds is 6. The molecule has 1 amide bonds. The average molecular weight is 383 g/mol. The van der Waals surface area contributed by atoms with E-state index in [0.29, 0.717) is 31.2 Å². The van der Waals surface area contributed by atoms with Crippen LogP contribution in [-0.2, 0) is 4.79 Å². The van der Waals surface area contributed by atoms with E-state index in [9.17, 15) is 9.59 Å². The highest BCUT2D eigenvalue weighted by Gasteiger charge is 2.22. The molecule has 2 aromatic heterocycles. The summed E-state index contributed by atoms with van der Waals surface area (Å²) >= 11 is 0. The molecule has 1 saturated heterocycles. The van der Waals surface area contributed by atoms with Crippen LogP contribution in [0.15, 0.2) is 47.5 Å². The number of methoxy groups -OCH3 is 1. The van der Waals surface area contributed by atoms with Crippen molar-refractivity contribution in [1.29, 1.82) is 0 Å². The van der Waals surface area contributed by atoms with E-state index in [1.165, 1.54) is 6.08 Å². The van der Waals surface area contributed by atoms with Crippen LogP contribution in [0.2, 0.25) is 0 Å². The van der Waals surface area contributed by atoms with Crippen LogP contribution in [0.3, 0.4) is 0 Å². The van der Waals surface area contributed by atoms with E-state index >= 15 is 0 Å². The Bertz CT molecular complexity index is 901. The molecule has 1 fully saturated rings. The number of carbonyl (C=O) groups excluding carboxylic acids is 1. The van der Waals surface area contributed by atoms with E-state index < -0.39 is 0 Å². The van der Waals surface area contributed by atoms with Crippen LogP contribution < -0.4 is 21.3 Å². The highest BCUT2D eigenvalue weighted by molar-refractivity contribution is 5.87. The molecule has 8 nitrogen and oxygen atoms in total. The third kappa shape index (κ3) is 4.77. The molecule has 0 aliphatic carbocycles. The van der Waals surface area contributed by atoms with E-state index in [4.69, 9.17) is 10.5 Å². The summed E-state index contributed by atoms with van der Waals surface area (Å²) in [4.78, 5) is 33.0. The predicted octanol–water partition coefficient (Wildman–Crippen LogP) is 1.36. The quantitative estimate of drug-likeness (QED) is 0.649. The van der Waals surface area contributed by atoms with Gasteiger partial charge >= 0.3 is 0 Å². The molecule has 0 atom stereocenters. The van der Waals surface area contributed by atoms with Gasteiger partial charge in [0.2, 0.25) is 11.8 Å². The molecule has 0 aromatic carbocycles. The summed E-state index contributed by atoms with van der Waals surface area (Å²) < 4.78 is 5.16. The minimum absolute atomic E-state index is 0.0182. The smallest absolute Gasteiger partial charge is 0.271 e. The molecular weight excluding hydrogens is 358 g/mol. The molecule has 28 heavy (non-hydrogen) atoms. The second kappa shape index (κ2) is 9.18. The Balaban J connectivity index is 1.67. The first-order valence-corrected chi connectivity index (χ1v) is 9.26. The SMILES string of the molecule is COc1cc(-c2c[nH]c(=O)c(NC3CCN(C(=O)/C=C/CN)CC3)c2)ccn1. The summed E-state index contributed by atoms with van der Waals surface area (Å²) in [5, 5.41) is 3.32. The van der Waals surface area contributed by atoms with Gasteiger partial charge in [-0.3, -0.25) is 9.59 Å². The second-order valence-electron chi connectivity index (χ2n) is 6.60. The predicted molar refractivity (Wildman–Crippen MR) is 108 cm³/mol. The number of piperidine rings is 1. The molecule has 3 heterocycles. The molecule has 0 unspecified atom stereocenters. The van der Waals surface area contributed by atoms with Crippen LogP contribution >= 0.6 is 0 Å². The Morgan fingerprint density at radius 1 is 1.39 bits per heavy atom. The zero-order valence-corrected chi connectivity index (χ0v) is 15.9. The lowest BCUT2D eigenvalue weighted by Gasteiger charge is -2.32. The number of hydrogen-bond donors (Lipinski definition) is 3.